The summed E-state index contributed by atoms with van der Waals surface area (Å²) in [5.74, 6) is 0. The van der Waals surface area contributed by atoms with Crippen molar-refractivity contribution < 1.29 is 18.8 Å². The van der Waals surface area contributed by atoms with Crippen LogP contribution in [0.15, 0.2) is 71.9 Å². The van der Waals surface area contributed by atoms with Crippen molar-refractivity contribution in [3.8, 4) is 0 Å². The van der Waals surface area contributed by atoms with Gasteiger partial charge < -0.3 is 0 Å². The molecule has 2 atom stereocenters. The van der Waals surface area contributed by atoms with Crippen LogP contribution in [-0.2, 0) is 18.8 Å². The zero-order valence-corrected chi connectivity index (χ0v) is 19.4. The van der Waals surface area contributed by atoms with Gasteiger partial charge in [0, 0.05) is 0 Å². The minimum atomic E-state index is -3.56. The van der Waals surface area contributed by atoms with E-state index >= 15 is 0 Å². The molecule has 0 aromatic carbocycles. The fourth-order valence-electron chi connectivity index (χ4n) is 6.07. The van der Waals surface area contributed by atoms with Gasteiger partial charge in [-0.25, -0.2) is 0 Å². The number of allylic oxidation sites excluding steroid dienone is 12. The third-order valence-corrected chi connectivity index (χ3v) is 31.8. The van der Waals surface area contributed by atoms with Crippen molar-refractivity contribution >= 4 is 0 Å². The maximum atomic E-state index is 2.76. The summed E-state index contributed by atoms with van der Waals surface area (Å²) in [6, 6.07) is 0. The van der Waals surface area contributed by atoms with E-state index in [4.69, 9.17) is 0 Å². The first-order chi connectivity index (χ1) is 11.7. The van der Waals surface area contributed by atoms with Crippen molar-refractivity contribution in [2.45, 2.75) is 66.1 Å². The Morgan fingerprint density at radius 2 is 1.72 bits per heavy atom. The number of unbranched alkanes of at least 4 members (excludes halogenated alkanes) is 1. The minimum absolute atomic E-state index is 0.201. The Morgan fingerprint density at radius 1 is 1.04 bits per heavy atom. The van der Waals surface area contributed by atoms with Crippen LogP contribution in [0.4, 0.5) is 0 Å². The molecule has 0 bridgehead atoms. The summed E-state index contributed by atoms with van der Waals surface area (Å²) in [4.78, 5) is 0. The molecule has 0 amide bonds. The van der Waals surface area contributed by atoms with Crippen LogP contribution in [0.1, 0.15) is 47.0 Å². The molecule has 2 unspecified atom stereocenters. The van der Waals surface area contributed by atoms with Crippen LogP contribution in [0.2, 0.25) is 19.1 Å². The van der Waals surface area contributed by atoms with Crippen LogP contribution < -0.4 is 0 Å². The van der Waals surface area contributed by atoms with E-state index in [-0.39, 0.29) is 6.25 Å². The molecule has 3 rings (SSSR count). The van der Waals surface area contributed by atoms with Crippen LogP contribution in [-0.4, -0.2) is 0 Å². The summed E-state index contributed by atoms with van der Waals surface area (Å²) in [6.07, 6.45) is 28.4. The Labute approximate surface area is 156 Å². The van der Waals surface area contributed by atoms with E-state index in [0.717, 1.165) is 0 Å². The zero-order valence-electron chi connectivity index (χ0n) is 17.0. The maximum absolute atomic E-state index is 3.56. The Bertz CT molecular complexity index is 726. The fraction of sp³-hybridized carbons (Fsp3) is 0.500. The second-order valence-electron chi connectivity index (χ2n) is 9.63. The molecule has 0 aliphatic heterocycles. The van der Waals surface area contributed by atoms with Gasteiger partial charge >= 0.3 is 157 Å². The molecule has 3 aliphatic carbocycles. The molecular weight excluding hydrogens is 379 g/mol. The molecule has 0 radical (unpaired) electrons. The first kappa shape index (κ1) is 19.1. The fourth-order valence-corrected chi connectivity index (χ4v) is 25.3. The van der Waals surface area contributed by atoms with Crippen molar-refractivity contribution in [1.29, 1.82) is 0 Å². The first-order valence-electron chi connectivity index (χ1n) is 9.99. The van der Waals surface area contributed by atoms with Gasteiger partial charge in [-0.2, -0.15) is 0 Å². The second kappa shape index (κ2) is 6.19. The average molecular weight is 415 g/mol. The van der Waals surface area contributed by atoms with Crippen LogP contribution in [0.25, 0.3) is 0 Å². The van der Waals surface area contributed by atoms with E-state index in [1.165, 1.54) is 24.8 Å². The van der Waals surface area contributed by atoms with Gasteiger partial charge in [-0.3, -0.25) is 0 Å². The van der Waals surface area contributed by atoms with Crippen LogP contribution in [0.3, 0.4) is 0 Å². The predicted molar refractivity (Wildman–Crippen MR) is 110 cm³/mol. The second-order valence-corrected chi connectivity index (χ2v) is 28.3. The summed E-state index contributed by atoms with van der Waals surface area (Å²) in [5.41, 5.74) is 3.01. The first-order valence-corrected chi connectivity index (χ1v) is 18.8. The molecule has 0 saturated carbocycles. The molecule has 0 nitrogen and oxygen atoms in total. The van der Waals surface area contributed by atoms with Crippen LogP contribution in [0.5, 0.6) is 0 Å². The monoisotopic (exact) mass is 413 g/mol. The number of rotatable bonds is 6. The van der Waals surface area contributed by atoms with Crippen molar-refractivity contribution in [2.24, 2.45) is 0 Å². The van der Waals surface area contributed by atoms with Crippen molar-refractivity contribution in [3.05, 3.63) is 71.9 Å². The van der Waals surface area contributed by atoms with E-state index in [2.05, 4.69) is 97.7 Å². The molecule has 0 saturated heterocycles. The van der Waals surface area contributed by atoms with Crippen molar-refractivity contribution in [3.63, 3.8) is 0 Å². The zero-order chi connectivity index (χ0) is 18.4. The third kappa shape index (κ3) is 2.41. The van der Waals surface area contributed by atoms with Gasteiger partial charge in [0.1, 0.15) is 0 Å². The van der Waals surface area contributed by atoms with Gasteiger partial charge in [-0.1, -0.05) is 0 Å². The van der Waals surface area contributed by atoms with Gasteiger partial charge in [0.25, 0.3) is 0 Å². The quantitative estimate of drug-likeness (QED) is 0.410. The Kier molecular flexibility index (Phi) is 4.73. The van der Waals surface area contributed by atoms with Crippen LogP contribution in [0, 0.1) is 0 Å². The number of hydrogen-bond acceptors (Lipinski definition) is 0. The summed E-state index contributed by atoms with van der Waals surface area (Å²) in [5, 5.41) is 0. The Hall–Kier alpha value is -0.677. The predicted octanol–water partition coefficient (Wildman–Crippen LogP) is 8.25. The molecule has 135 valence electrons. The Morgan fingerprint density at radius 3 is 2.20 bits per heavy atom. The van der Waals surface area contributed by atoms with Gasteiger partial charge in [0.05, 0.1) is 0 Å². The summed E-state index contributed by atoms with van der Waals surface area (Å²) >= 11 is -3.56. The van der Waals surface area contributed by atoms with E-state index in [1.54, 1.807) is 5.57 Å². The molecule has 3 aliphatic rings. The van der Waals surface area contributed by atoms with E-state index in [1.807, 2.05) is 0 Å². The summed E-state index contributed by atoms with van der Waals surface area (Å²) in [6.45, 7) is 9.49. The molecule has 0 N–H and O–H groups in total. The summed E-state index contributed by atoms with van der Waals surface area (Å²) in [7, 11) is 0. The molecular formula is C24H35Zr. The SMILES string of the molecule is CCCC[C]1([Zr]([CH3])([CH3])([CH]2C=CC=C2C)[C]2(C)C=CC(C)=C2)C=CC=C1. The molecule has 0 spiro atoms. The third-order valence-electron chi connectivity index (χ3n) is 8.24. The van der Waals surface area contributed by atoms with Crippen molar-refractivity contribution in [1.82, 2.24) is 0 Å². The van der Waals surface area contributed by atoms with Gasteiger partial charge in [-0.05, 0) is 0 Å². The van der Waals surface area contributed by atoms with E-state index < -0.39 is 18.8 Å². The van der Waals surface area contributed by atoms with Gasteiger partial charge in [-0.15, -0.1) is 0 Å². The van der Waals surface area contributed by atoms with E-state index in [0.29, 0.717) is 3.63 Å². The number of hydrogen-bond donors (Lipinski definition) is 0. The molecule has 0 aromatic rings. The Balaban J connectivity index is 2.29. The topological polar surface area (TPSA) is 0 Å². The average Bonchev–Trinajstić information content (AvgIpc) is 3.27. The van der Waals surface area contributed by atoms with E-state index in [9.17, 15) is 0 Å². The standard InChI is InChI=1S/C9H13.C7H9.C6H7.2CH3.Zr/c1-2-3-6-9-7-4-5-8-9;1-6-3-4-7(2)5-6;1-6-4-2-3-5-6;;;/h4-5,7-8H,2-3,6H2,1H3;3-5H,1-2H3;2-5H,1H3;2*1H3;. The molecule has 1 heteroatoms. The molecule has 0 aromatic heterocycles. The molecule has 0 heterocycles. The summed E-state index contributed by atoms with van der Waals surface area (Å²) < 4.78 is 6.60. The van der Waals surface area contributed by atoms with Crippen molar-refractivity contribution in [2.75, 3.05) is 0 Å². The van der Waals surface area contributed by atoms with Gasteiger partial charge in [0.15, 0.2) is 0 Å². The molecule has 0 fully saturated rings. The molecule has 25 heavy (non-hydrogen) atoms. The van der Waals surface area contributed by atoms with Gasteiger partial charge in [0.2, 0.25) is 0 Å². The normalized spacial score (nSPS) is 31.3. The van der Waals surface area contributed by atoms with Crippen LogP contribution >= 0.6 is 0 Å².